The molecule has 0 radical (unpaired) electrons. The number of nitrogens with one attached hydrogen (secondary N) is 1. The van der Waals surface area contributed by atoms with Gasteiger partial charge in [-0.1, -0.05) is 19.9 Å². The van der Waals surface area contributed by atoms with Gasteiger partial charge in [0.05, 0.1) is 11.0 Å². The van der Waals surface area contributed by atoms with Crippen LogP contribution in [0.1, 0.15) is 25.8 Å². The number of halogens is 1. The molecule has 1 saturated carbocycles. The Balaban J connectivity index is 2.27. The van der Waals surface area contributed by atoms with E-state index in [1.165, 1.54) is 12.1 Å². The molecule has 1 aliphatic carbocycles. The highest BCUT2D eigenvalue weighted by Crippen LogP contribution is 2.41. The molecule has 0 saturated heterocycles. The van der Waals surface area contributed by atoms with E-state index in [0.717, 1.165) is 6.07 Å². The first-order valence-corrected chi connectivity index (χ1v) is 7.59. The highest BCUT2D eigenvalue weighted by atomic mass is 32.2. The predicted molar refractivity (Wildman–Crippen MR) is 69.7 cm³/mol. The Morgan fingerprint density at radius 1 is 1.42 bits per heavy atom. The molecule has 2 atom stereocenters. The lowest BCUT2D eigenvalue weighted by atomic mass is 9.65. The minimum Gasteiger partial charge on any atom is -0.392 e. The summed E-state index contributed by atoms with van der Waals surface area (Å²) < 4.78 is 40.2. The SMILES string of the molecule is Cc1ccc(F)cc1S(=O)(=O)NC1CC(O)C1(C)C. The molecule has 4 nitrogen and oxygen atoms in total. The number of aliphatic hydroxyl groups is 1. The Hall–Kier alpha value is -0.980. The molecule has 6 heteroatoms. The fraction of sp³-hybridized carbons (Fsp3) is 0.538. The predicted octanol–water partition coefficient (Wildman–Crippen LogP) is 1.57. The van der Waals surface area contributed by atoms with Crippen molar-refractivity contribution in [3.05, 3.63) is 29.6 Å². The van der Waals surface area contributed by atoms with Crippen LogP contribution in [0, 0.1) is 18.2 Å². The minimum absolute atomic E-state index is 0.0512. The van der Waals surface area contributed by atoms with Gasteiger partial charge < -0.3 is 5.11 Å². The van der Waals surface area contributed by atoms with Gasteiger partial charge in [-0.2, -0.15) is 0 Å². The summed E-state index contributed by atoms with van der Waals surface area (Å²) in [5, 5.41) is 9.62. The number of hydrogen-bond donors (Lipinski definition) is 2. The van der Waals surface area contributed by atoms with Gasteiger partial charge in [-0.3, -0.25) is 0 Å². The van der Waals surface area contributed by atoms with Crippen LogP contribution in [-0.4, -0.2) is 25.7 Å². The highest BCUT2D eigenvalue weighted by Gasteiger charge is 2.49. The zero-order valence-corrected chi connectivity index (χ0v) is 12.0. The number of sulfonamides is 1. The molecule has 2 rings (SSSR count). The van der Waals surface area contributed by atoms with Crippen LogP contribution < -0.4 is 4.72 Å². The molecular formula is C13H18FNO3S. The van der Waals surface area contributed by atoms with Crippen molar-refractivity contribution in [1.82, 2.24) is 4.72 Å². The second-order valence-electron chi connectivity index (χ2n) is 5.66. The van der Waals surface area contributed by atoms with E-state index in [4.69, 9.17) is 0 Å². The van der Waals surface area contributed by atoms with Crippen LogP contribution in [0.2, 0.25) is 0 Å². The number of hydrogen-bond acceptors (Lipinski definition) is 3. The Labute approximate surface area is 112 Å². The van der Waals surface area contributed by atoms with E-state index in [1.54, 1.807) is 20.8 Å². The number of aryl methyl sites for hydroxylation is 1. The van der Waals surface area contributed by atoms with Gasteiger partial charge in [0.1, 0.15) is 5.82 Å². The maximum Gasteiger partial charge on any atom is 0.241 e. The molecule has 0 bridgehead atoms. The third-order valence-corrected chi connectivity index (χ3v) is 5.57. The Bertz CT molecular complexity index is 598. The molecule has 0 aliphatic heterocycles. The Morgan fingerprint density at radius 3 is 2.58 bits per heavy atom. The van der Waals surface area contributed by atoms with Gasteiger partial charge in [-0.25, -0.2) is 17.5 Å². The second kappa shape index (κ2) is 4.54. The summed E-state index contributed by atoms with van der Waals surface area (Å²) in [4.78, 5) is -0.0512. The van der Waals surface area contributed by atoms with Crippen LogP contribution in [0.5, 0.6) is 0 Å². The molecule has 106 valence electrons. The van der Waals surface area contributed by atoms with Gasteiger partial charge in [-0.05, 0) is 31.0 Å². The van der Waals surface area contributed by atoms with Crippen LogP contribution in [0.25, 0.3) is 0 Å². The largest absolute Gasteiger partial charge is 0.392 e. The van der Waals surface area contributed by atoms with Crippen molar-refractivity contribution >= 4 is 10.0 Å². The first-order chi connectivity index (χ1) is 8.64. The molecule has 0 aromatic heterocycles. The smallest absolute Gasteiger partial charge is 0.241 e. The van der Waals surface area contributed by atoms with Crippen molar-refractivity contribution in [2.75, 3.05) is 0 Å². The average Bonchev–Trinajstić information content (AvgIpc) is 2.31. The maximum absolute atomic E-state index is 13.2. The Kier molecular flexibility index (Phi) is 3.45. The lowest BCUT2D eigenvalue weighted by Crippen LogP contribution is -2.61. The third kappa shape index (κ3) is 2.52. The van der Waals surface area contributed by atoms with Crippen molar-refractivity contribution in [3.63, 3.8) is 0 Å². The van der Waals surface area contributed by atoms with Gasteiger partial charge in [-0.15, -0.1) is 0 Å². The second-order valence-corrected chi connectivity index (χ2v) is 7.34. The third-order valence-electron chi connectivity index (χ3n) is 3.95. The highest BCUT2D eigenvalue weighted by molar-refractivity contribution is 7.89. The summed E-state index contributed by atoms with van der Waals surface area (Å²) in [6.45, 7) is 5.22. The normalized spacial score (nSPS) is 25.9. The monoisotopic (exact) mass is 287 g/mol. The van der Waals surface area contributed by atoms with Gasteiger partial charge in [0.15, 0.2) is 0 Å². The summed E-state index contributed by atoms with van der Waals surface area (Å²) >= 11 is 0. The lowest BCUT2D eigenvalue weighted by molar-refractivity contribution is -0.0645. The zero-order valence-electron chi connectivity index (χ0n) is 11.1. The van der Waals surface area contributed by atoms with E-state index in [0.29, 0.717) is 12.0 Å². The number of aliphatic hydroxyl groups excluding tert-OH is 1. The average molecular weight is 287 g/mol. The summed E-state index contributed by atoms with van der Waals surface area (Å²) in [6, 6.07) is 3.34. The molecule has 1 aromatic carbocycles. The van der Waals surface area contributed by atoms with Crippen LogP contribution in [0.15, 0.2) is 23.1 Å². The maximum atomic E-state index is 13.2. The quantitative estimate of drug-likeness (QED) is 0.887. The topological polar surface area (TPSA) is 66.4 Å². The van der Waals surface area contributed by atoms with Crippen LogP contribution >= 0.6 is 0 Å². The minimum atomic E-state index is -3.77. The molecule has 2 unspecified atom stereocenters. The van der Waals surface area contributed by atoms with Crippen LogP contribution in [0.4, 0.5) is 4.39 Å². The fourth-order valence-electron chi connectivity index (χ4n) is 2.22. The van der Waals surface area contributed by atoms with E-state index in [9.17, 15) is 17.9 Å². The summed E-state index contributed by atoms with van der Waals surface area (Å²) in [6.07, 6.45) is -0.144. The first kappa shape index (κ1) is 14.4. The van der Waals surface area contributed by atoms with E-state index in [-0.39, 0.29) is 10.9 Å². The summed E-state index contributed by atoms with van der Waals surface area (Å²) in [5.41, 5.74) is -0.0135. The lowest BCUT2D eigenvalue weighted by Gasteiger charge is -2.49. The van der Waals surface area contributed by atoms with Crippen molar-refractivity contribution in [2.45, 2.75) is 44.2 Å². The Morgan fingerprint density at radius 2 is 2.05 bits per heavy atom. The first-order valence-electron chi connectivity index (χ1n) is 6.11. The number of rotatable bonds is 3. The zero-order chi connectivity index (χ0) is 14.4. The van der Waals surface area contributed by atoms with E-state index >= 15 is 0 Å². The summed E-state index contributed by atoms with van der Waals surface area (Å²) in [5.74, 6) is -0.584. The molecule has 0 heterocycles. The van der Waals surface area contributed by atoms with Crippen molar-refractivity contribution in [2.24, 2.45) is 5.41 Å². The molecule has 1 aliphatic rings. The van der Waals surface area contributed by atoms with Crippen LogP contribution in [-0.2, 0) is 10.0 Å². The molecule has 0 amide bonds. The molecule has 1 fully saturated rings. The summed E-state index contributed by atoms with van der Waals surface area (Å²) in [7, 11) is -3.77. The van der Waals surface area contributed by atoms with Gasteiger partial charge >= 0.3 is 0 Å². The number of benzene rings is 1. The molecule has 2 N–H and O–H groups in total. The van der Waals surface area contributed by atoms with Gasteiger partial charge in [0, 0.05) is 11.5 Å². The molecular weight excluding hydrogens is 269 g/mol. The van der Waals surface area contributed by atoms with Crippen molar-refractivity contribution in [1.29, 1.82) is 0 Å². The van der Waals surface area contributed by atoms with E-state index < -0.39 is 27.4 Å². The standard InChI is InChI=1S/C13H18FNO3S/c1-8-4-5-9(14)6-10(8)19(17,18)15-11-7-12(16)13(11,2)3/h4-6,11-12,15-16H,7H2,1-3H3. The van der Waals surface area contributed by atoms with Gasteiger partial charge in [0.2, 0.25) is 10.0 Å². The van der Waals surface area contributed by atoms with Crippen LogP contribution in [0.3, 0.4) is 0 Å². The van der Waals surface area contributed by atoms with Crippen molar-refractivity contribution < 1.29 is 17.9 Å². The fourth-order valence-corrected chi connectivity index (χ4v) is 3.88. The van der Waals surface area contributed by atoms with Crippen molar-refractivity contribution in [3.8, 4) is 0 Å². The van der Waals surface area contributed by atoms with Gasteiger partial charge in [0.25, 0.3) is 0 Å². The van der Waals surface area contributed by atoms with E-state index in [1.807, 2.05) is 0 Å². The molecule has 0 spiro atoms. The molecule has 19 heavy (non-hydrogen) atoms. The molecule has 1 aromatic rings. The van der Waals surface area contributed by atoms with E-state index in [2.05, 4.69) is 4.72 Å².